The second kappa shape index (κ2) is 9.58. The third-order valence-corrected chi connectivity index (χ3v) is 6.22. The van der Waals surface area contributed by atoms with Crippen LogP contribution in [0.4, 0.5) is 18.9 Å². The second-order valence-electron chi connectivity index (χ2n) is 7.32. The molecule has 0 bridgehead atoms. The molecule has 5 nitrogen and oxygen atoms in total. The van der Waals surface area contributed by atoms with Crippen molar-refractivity contribution < 1.29 is 27.5 Å². The molecule has 0 radical (unpaired) electrons. The number of nitrogens with one attached hydrogen (secondary N) is 1. The fourth-order valence-corrected chi connectivity index (χ4v) is 4.61. The van der Waals surface area contributed by atoms with E-state index in [0.29, 0.717) is 23.5 Å². The third-order valence-electron chi connectivity index (χ3n) is 4.97. The first-order valence-corrected chi connectivity index (χ1v) is 11.1. The Bertz CT molecular complexity index is 1120. The minimum Gasteiger partial charge on any atom is -0.406 e. The van der Waals surface area contributed by atoms with E-state index in [-0.39, 0.29) is 17.0 Å². The van der Waals surface area contributed by atoms with E-state index in [2.05, 4.69) is 10.1 Å². The van der Waals surface area contributed by atoms with Gasteiger partial charge in [0.15, 0.2) is 0 Å². The van der Waals surface area contributed by atoms with E-state index in [1.807, 2.05) is 47.4 Å². The average Bonchev–Trinajstić information content (AvgIpc) is 3.15. The van der Waals surface area contributed by atoms with E-state index in [0.717, 1.165) is 23.3 Å². The van der Waals surface area contributed by atoms with Gasteiger partial charge in [-0.25, -0.2) is 0 Å². The predicted octanol–water partition coefficient (Wildman–Crippen LogP) is 5.61. The van der Waals surface area contributed by atoms with Crippen LogP contribution in [0, 0.1) is 0 Å². The molecule has 1 aliphatic rings. The summed E-state index contributed by atoms with van der Waals surface area (Å²) < 4.78 is 40.6. The molecule has 9 heteroatoms. The van der Waals surface area contributed by atoms with E-state index in [9.17, 15) is 22.8 Å². The van der Waals surface area contributed by atoms with Gasteiger partial charge >= 0.3 is 6.36 Å². The number of thioether (sulfide) groups is 1. The number of nitrogens with zero attached hydrogens (tertiary/aromatic N) is 1. The Morgan fingerprint density at radius 3 is 2.30 bits per heavy atom. The summed E-state index contributed by atoms with van der Waals surface area (Å²) in [5.41, 5.74) is 2.68. The molecule has 3 aromatic carbocycles. The van der Waals surface area contributed by atoms with Crippen LogP contribution in [0.2, 0.25) is 0 Å². The fourth-order valence-electron chi connectivity index (χ4n) is 3.42. The molecular formula is C24H19F3N2O3S. The monoisotopic (exact) mass is 472 g/mol. The van der Waals surface area contributed by atoms with Crippen molar-refractivity contribution in [3.05, 3.63) is 95.6 Å². The molecule has 1 saturated heterocycles. The lowest BCUT2D eigenvalue weighted by Gasteiger charge is -2.24. The minimum atomic E-state index is -4.77. The maximum absolute atomic E-state index is 12.5. The summed E-state index contributed by atoms with van der Waals surface area (Å²) >= 11 is 1.54. The minimum absolute atomic E-state index is 0.0635. The van der Waals surface area contributed by atoms with Crippen molar-refractivity contribution in [1.29, 1.82) is 0 Å². The Labute approximate surface area is 192 Å². The number of anilines is 1. The number of halogens is 3. The Morgan fingerprint density at radius 1 is 1.00 bits per heavy atom. The van der Waals surface area contributed by atoms with Gasteiger partial charge in [-0.2, -0.15) is 0 Å². The highest BCUT2D eigenvalue weighted by Gasteiger charge is 2.33. The van der Waals surface area contributed by atoms with Crippen molar-refractivity contribution in [2.24, 2.45) is 0 Å². The Hall–Kier alpha value is -3.46. The van der Waals surface area contributed by atoms with Gasteiger partial charge in [0.2, 0.25) is 5.91 Å². The third kappa shape index (κ3) is 5.87. The number of carbonyl (C=O) groups excluding carboxylic acids is 2. The molecule has 2 amide bonds. The molecule has 0 saturated carbocycles. The van der Waals surface area contributed by atoms with Gasteiger partial charge in [0.25, 0.3) is 5.91 Å². The van der Waals surface area contributed by atoms with Crippen molar-refractivity contribution >= 4 is 29.3 Å². The molecule has 170 valence electrons. The first kappa shape index (κ1) is 22.7. The Kier molecular flexibility index (Phi) is 6.60. The Balaban J connectivity index is 1.41. The van der Waals surface area contributed by atoms with Crippen molar-refractivity contribution in [1.82, 2.24) is 4.90 Å². The molecule has 1 atom stereocenters. The molecule has 3 aromatic rings. The number of hydrogen-bond donors (Lipinski definition) is 1. The zero-order valence-corrected chi connectivity index (χ0v) is 18.0. The molecule has 1 N–H and O–H groups in total. The smallest absolute Gasteiger partial charge is 0.406 e. The molecule has 1 unspecified atom stereocenters. The molecule has 1 aliphatic heterocycles. The summed E-state index contributed by atoms with van der Waals surface area (Å²) in [6, 6.07) is 21.6. The van der Waals surface area contributed by atoms with Crippen LogP contribution < -0.4 is 10.1 Å². The van der Waals surface area contributed by atoms with Crippen LogP contribution in [-0.4, -0.2) is 28.8 Å². The molecule has 1 fully saturated rings. The van der Waals surface area contributed by atoms with Crippen LogP contribution in [0.25, 0.3) is 0 Å². The van der Waals surface area contributed by atoms with E-state index in [4.69, 9.17) is 0 Å². The lowest BCUT2D eigenvalue weighted by molar-refractivity contribution is -0.274. The first-order chi connectivity index (χ1) is 15.8. The largest absolute Gasteiger partial charge is 0.573 e. The van der Waals surface area contributed by atoms with Crippen molar-refractivity contribution in [3.63, 3.8) is 0 Å². The molecule has 33 heavy (non-hydrogen) atoms. The highest BCUT2D eigenvalue weighted by molar-refractivity contribution is 8.00. The average molecular weight is 472 g/mol. The number of alkyl halides is 3. The van der Waals surface area contributed by atoms with Crippen molar-refractivity contribution in [2.45, 2.75) is 18.3 Å². The predicted molar refractivity (Wildman–Crippen MR) is 120 cm³/mol. The van der Waals surface area contributed by atoms with Gasteiger partial charge in [-0.05, 0) is 47.5 Å². The standard InChI is InChI=1S/C24H19F3N2O3S/c25-24(26,27)32-20-12-10-19(11-13-20)28-22(31)17-6-8-18(9-7-17)23-29(21(30)15-33-23)14-16-4-2-1-3-5-16/h1-13,23H,14-15H2,(H,28,31). The van der Waals surface area contributed by atoms with Crippen LogP contribution >= 0.6 is 11.8 Å². The zero-order chi connectivity index (χ0) is 23.4. The molecular weight excluding hydrogens is 453 g/mol. The van der Waals surface area contributed by atoms with E-state index in [1.165, 1.54) is 23.9 Å². The molecule has 0 aliphatic carbocycles. The van der Waals surface area contributed by atoms with Gasteiger partial charge in [-0.3, -0.25) is 9.59 Å². The van der Waals surface area contributed by atoms with Crippen LogP contribution in [-0.2, 0) is 11.3 Å². The van der Waals surface area contributed by atoms with Gasteiger partial charge < -0.3 is 15.0 Å². The van der Waals surface area contributed by atoms with Crippen LogP contribution in [0.1, 0.15) is 26.9 Å². The number of hydrogen-bond acceptors (Lipinski definition) is 4. The van der Waals surface area contributed by atoms with E-state index in [1.54, 1.807) is 12.1 Å². The lowest BCUT2D eigenvalue weighted by Crippen LogP contribution is -2.27. The second-order valence-corrected chi connectivity index (χ2v) is 8.39. The van der Waals surface area contributed by atoms with Gasteiger partial charge in [0, 0.05) is 17.8 Å². The summed E-state index contributed by atoms with van der Waals surface area (Å²) in [6.45, 7) is 0.508. The Morgan fingerprint density at radius 2 is 1.67 bits per heavy atom. The summed E-state index contributed by atoms with van der Waals surface area (Å²) in [5, 5.41) is 2.50. The number of ether oxygens (including phenoxy) is 1. The normalized spacial score (nSPS) is 16.0. The summed E-state index contributed by atoms with van der Waals surface area (Å²) in [4.78, 5) is 26.8. The summed E-state index contributed by atoms with van der Waals surface area (Å²) in [7, 11) is 0. The van der Waals surface area contributed by atoms with Crippen LogP contribution in [0.15, 0.2) is 78.9 Å². The fraction of sp³-hybridized carbons (Fsp3) is 0.167. The van der Waals surface area contributed by atoms with Crippen molar-refractivity contribution in [3.8, 4) is 5.75 Å². The van der Waals surface area contributed by atoms with Gasteiger partial charge in [0.1, 0.15) is 11.1 Å². The zero-order valence-electron chi connectivity index (χ0n) is 17.2. The lowest BCUT2D eigenvalue weighted by atomic mass is 10.1. The van der Waals surface area contributed by atoms with Gasteiger partial charge in [0.05, 0.1) is 5.75 Å². The maximum atomic E-state index is 12.5. The van der Waals surface area contributed by atoms with Crippen LogP contribution in [0.3, 0.4) is 0 Å². The number of benzene rings is 3. The maximum Gasteiger partial charge on any atom is 0.573 e. The summed E-state index contributed by atoms with van der Waals surface area (Å²) in [5.74, 6) is -0.308. The van der Waals surface area contributed by atoms with Gasteiger partial charge in [-0.15, -0.1) is 24.9 Å². The van der Waals surface area contributed by atoms with E-state index < -0.39 is 12.3 Å². The quantitative estimate of drug-likeness (QED) is 0.507. The SMILES string of the molecule is O=C(Nc1ccc(OC(F)(F)F)cc1)c1ccc(C2SCC(=O)N2Cc2ccccc2)cc1. The van der Waals surface area contributed by atoms with Gasteiger partial charge in [-0.1, -0.05) is 42.5 Å². The first-order valence-electron chi connectivity index (χ1n) is 10.0. The van der Waals surface area contributed by atoms with E-state index >= 15 is 0 Å². The van der Waals surface area contributed by atoms with Crippen molar-refractivity contribution in [2.75, 3.05) is 11.1 Å². The topological polar surface area (TPSA) is 58.6 Å². The molecule has 0 aromatic heterocycles. The number of amides is 2. The molecule has 0 spiro atoms. The highest BCUT2D eigenvalue weighted by atomic mass is 32.2. The highest BCUT2D eigenvalue weighted by Crippen LogP contribution is 2.39. The summed E-state index contributed by atoms with van der Waals surface area (Å²) in [6.07, 6.45) is -4.77. The number of carbonyl (C=O) groups is 2. The van der Waals surface area contributed by atoms with Crippen LogP contribution in [0.5, 0.6) is 5.75 Å². The number of rotatable bonds is 6. The molecule has 4 rings (SSSR count). The molecule has 1 heterocycles.